The molecule has 0 unspecified atom stereocenters. The Morgan fingerprint density at radius 2 is 1.74 bits per heavy atom. The van der Waals surface area contributed by atoms with Crippen LogP contribution < -0.4 is 10.2 Å². The molecule has 3 aliphatic heterocycles. The molecule has 0 saturated carbocycles. The van der Waals surface area contributed by atoms with Crippen molar-refractivity contribution in [1.29, 1.82) is 0 Å². The van der Waals surface area contributed by atoms with Gasteiger partial charge in [-0.25, -0.2) is 0 Å². The standard InChI is InChI=1S/C26H25N3O2/c1-18(30)28-15-13-26(14-16-28)29-24(22-10-4-5-12-25(22)31-26)17-23(27-29)21-11-6-8-19-7-2-3-9-20(19)21/h2-12,17,24,27H,13-16H2,1H3/t24-/m1/s1. The number of hydrazine groups is 1. The van der Waals surface area contributed by atoms with Gasteiger partial charge >= 0.3 is 0 Å². The van der Waals surface area contributed by atoms with Crippen LogP contribution in [-0.4, -0.2) is 34.6 Å². The van der Waals surface area contributed by atoms with E-state index in [9.17, 15) is 4.79 Å². The molecule has 3 aromatic rings. The zero-order valence-corrected chi connectivity index (χ0v) is 17.5. The number of carbonyl (C=O) groups is 1. The summed E-state index contributed by atoms with van der Waals surface area (Å²) in [6, 6.07) is 23.3. The van der Waals surface area contributed by atoms with Gasteiger partial charge in [0.1, 0.15) is 5.75 Å². The average Bonchev–Trinajstić information content (AvgIpc) is 3.26. The summed E-state index contributed by atoms with van der Waals surface area (Å²) in [4.78, 5) is 13.8. The molecule has 5 heteroatoms. The molecule has 1 N–H and O–H groups in total. The summed E-state index contributed by atoms with van der Waals surface area (Å²) < 4.78 is 6.67. The van der Waals surface area contributed by atoms with Crippen molar-refractivity contribution in [3.05, 3.63) is 83.9 Å². The second-order valence-electron chi connectivity index (χ2n) is 8.63. The normalized spacial score (nSPS) is 21.8. The number of benzene rings is 3. The van der Waals surface area contributed by atoms with E-state index in [4.69, 9.17) is 4.74 Å². The van der Waals surface area contributed by atoms with Gasteiger partial charge in [-0.15, -0.1) is 0 Å². The quantitative estimate of drug-likeness (QED) is 0.642. The van der Waals surface area contributed by atoms with Gasteiger partial charge in [-0.2, -0.15) is 5.01 Å². The predicted octanol–water partition coefficient (Wildman–Crippen LogP) is 4.47. The Bertz CT molecular complexity index is 1200. The molecule has 156 valence electrons. The average molecular weight is 412 g/mol. The van der Waals surface area contributed by atoms with Crippen LogP contribution in [0.3, 0.4) is 0 Å². The van der Waals surface area contributed by atoms with E-state index in [0.717, 1.165) is 24.3 Å². The zero-order valence-electron chi connectivity index (χ0n) is 17.5. The molecule has 1 fully saturated rings. The maximum Gasteiger partial charge on any atom is 0.219 e. The van der Waals surface area contributed by atoms with E-state index in [2.05, 4.69) is 77.2 Å². The number of ether oxygens (including phenoxy) is 1. The summed E-state index contributed by atoms with van der Waals surface area (Å²) >= 11 is 0. The monoisotopic (exact) mass is 411 g/mol. The fraction of sp³-hybridized carbons (Fsp3) is 0.269. The lowest BCUT2D eigenvalue weighted by molar-refractivity contribution is -0.165. The van der Waals surface area contributed by atoms with Crippen molar-refractivity contribution >= 4 is 22.4 Å². The number of nitrogens with one attached hydrogen (secondary N) is 1. The number of para-hydroxylation sites is 1. The number of fused-ring (bicyclic) bond motifs is 5. The van der Waals surface area contributed by atoms with Crippen molar-refractivity contribution in [2.24, 2.45) is 0 Å². The lowest BCUT2D eigenvalue weighted by Crippen LogP contribution is -2.64. The van der Waals surface area contributed by atoms with Gasteiger partial charge in [-0.05, 0) is 22.9 Å². The van der Waals surface area contributed by atoms with E-state index >= 15 is 0 Å². The highest BCUT2D eigenvalue weighted by Gasteiger charge is 2.51. The van der Waals surface area contributed by atoms with Crippen LogP contribution in [0.15, 0.2) is 72.8 Å². The first-order valence-electron chi connectivity index (χ1n) is 10.9. The highest BCUT2D eigenvalue weighted by atomic mass is 16.5. The fourth-order valence-corrected chi connectivity index (χ4v) is 5.25. The lowest BCUT2D eigenvalue weighted by atomic mass is 9.92. The van der Waals surface area contributed by atoms with Crippen LogP contribution >= 0.6 is 0 Å². The molecular weight excluding hydrogens is 386 g/mol. The SMILES string of the molecule is CC(=O)N1CCC2(CC1)Oc1ccccc1[C@H]1C=C(c3cccc4ccccc34)NN12. The molecule has 0 bridgehead atoms. The minimum atomic E-state index is -0.478. The number of rotatable bonds is 1. The van der Waals surface area contributed by atoms with Gasteiger partial charge in [0.15, 0.2) is 5.72 Å². The van der Waals surface area contributed by atoms with E-state index < -0.39 is 5.72 Å². The number of hydrogen-bond acceptors (Lipinski definition) is 4. The van der Waals surface area contributed by atoms with Crippen molar-refractivity contribution in [1.82, 2.24) is 15.3 Å². The summed E-state index contributed by atoms with van der Waals surface area (Å²) in [6.07, 6.45) is 3.85. The van der Waals surface area contributed by atoms with Crippen molar-refractivity contribution < 1.29 is 9.53 Å². The Morgan fingerprint density at radius 1 is 1.00 bits per heavy atom. The molecule has 31 heavy (non-hydrogen) atoms. The van der Waals surface area contributed by atoms with Gasteiger partial charge in [-0.1, -0.05) is 60.7 Å². The molecule has 0 radical (unpaired) electrons. The third-order valence-corrected chi connectivity index (χ3v) is 6.89. The summed E-state index contributed by atoms with van der Waals surface area (Å²) in [7, 11) is 0. The molecule has 1 amide bonds. The second kappa shape index (κ2) is 6.86. The van der Waals surface area contributed by atoms with E-state index in [1.165, 1.54) is 21.9 Å². The fourth-order valence-electron chi connectivity index (χ4n) is 5.25. The summed E-state index contributed by atoms with van der Waals surface area (Å²) in [6.45, 7) is 3.05. The van der Waals surface area contributed by atoms with Gasteiger partial charge in [0, 0.05) is 44.0 Å². The van der Waals surface area contributed by atoms with Gasteiger partial charge in [0.2, 0.25) is 5.91 Å². The Labute approximate surface area is 181 Å². The Balaban J connectivity index is 1.43. The second-order valence-corrected chi connectivity index (χ2v) is 8.63. The Morgan fingerprint density at radius 3 is 2.58 bits per heavy atom. The van der Waals surface area contributed by atoms with Gasteiger partial charge in [0.05, 0.1) is 11.7 Å². The van der Waals surface area contributed by atoms with Gasteiger partial charge < -0.3 is 15.1 Å². The molecule has 3 aromatic carbocycles. The molecule has 1 atom stereocenters. The van der Waals surface area contributed by atoms with Gasteiger partial charge in [-0.3, -0.25) is 4.79 Å². The highest BCUT2D eigenvalue weighted by molar-refractivity contribution is 5.94. The van der Waals surface area contributed by atoms with Crippen molar-refractivity contribution in [3.63, 3.8) is 0 Å². The number of nitrogens with zero attached hydrogens (tertiary/aromatic N) is 2. The number of carbonyl (C=O) groups excluding carboxylic acids is 1. The molecule has 3 aliphatic rings. The molecule has 5 nitrogen and oxygen atoms in total. The van der Waals surface area contributed by atoms with Crippen LogP contribution in [0.25, 0.3) is 16.5 Å². The number of piperidine rings is 1. The van der Waals surface area contributed by atoms with Crippen LogP contribution in [0.2, 0.25) is 0 Å². The topological polar surface area (TPSA) is 44.8 Å². The number of amides is 1. The maximum atomic E-state index is 11.9. The number of hydrogen-bond donors (Lipinski definition) is 1. The molecule has 1 saturated heterocycles. The van der Waals surface area contributed by atoms with Crippen LogP contribution in [-0.2, 0) is 4.79 Å². The largest absolute Gasteiger partial charge is 0.470 e. The van der Waals surface area contributed by atoms with E-state index in [-0.39, 0.29) is 11.9 Å². The third kappa shape index (κ3) is 2.84. The molecular formula is C26H25N3O2. The Kier molecular flexibility index (Phi) is 4.08. The van der Waals surface area contributed by atoms with Crippen molar-refractivity contribution in [3.8, 4) is 5.75 Å². The lowest BCUT2D eigenvalue weighted by Gasteiger charge is -2.51. The zero-order chi connectivity index (χ0) is 21.0. The first kappa shape index (κ1) is 18.5. The van der Waals surface area contributed by atoms with Crippen molar-refractivity contribution in [2.45, 2.75) is 31.5 Å². The first-order chi connectivity index (χ1) is 15.1. The molecule has 1 spiro atoms. The van der Waals surface area contributed by atoms with Crippen LogP contribution in [0, 0.1) is 0 Å². The van der Waals surface area contributed by atoms with E-state index in [0.29, 0.717) is 13.1 Å². The van der Waals surface area contributed by atoms with Crippen LogP contribution in [0.4, 0.5) is 0 Å². The molecule has 6 rings (SSSR count). The summed E-state index contributed by atoms with van der Waals surface area (Å²) in [5.74, 6) is 1.07. The number of likely N-dealkylation sites (tertiary alicyclic amines) is 1. The van der Waals surface area contributed by atoms with Crippen LogP contribution in [0.5, 0.6) is 5.75 Å². The smallest absolute Gasteiger partial charge is 0.219 e. The predicted molar refractivity (Wildman–Crippen MR) is 121 cm³/mol. The van der Waals surface area contributed by atoms with Crippen molar-refractivity contribution in [2.75, 3.05) is 13.1 Å². The summed E-state index contributed by atoms with van der Waals surface area (Å²) in [5.41, 5.74) is 6.71. The minimum absolute atomic E-state index is 0.0859. The molecule has 0 aliphatic carbocycles. The maximum absolute atomic E-state index is 11.9. The van der Waals surface area contributed by atoms with Gasteiger partial charge in [0.25, 0.3) is 0 Å². The highest BCUT2D eigenvalue weighted by Crippen LogP contribution is 2.48. The van der Waals surface area contributed by atoms with Crippen LogP contribution in [0.1, 0.15) is 36.9 Å². The first-order valence-corrected chi connectivity index (χ1v) is 10.9. The molecule has 3 heterocycles. The van der Waals surface area contributed by atoms with E-state index in [1.807, 2.05) is 11.0 Å². The van der Waals surface area contributed by atoms with E-state index in [1.54, 1.807) is 6.92 Å². The molecule has 0 aromatic heterocycles. The summed E-state index contributed by atoms with van der Waals surface area (Å²) in [5, 5.41) is 4.75. The third-order valence-electron chi connectivity index (χ3n) is 6.89. The Hall–Kier alpha value is -3.31. The minimum Gasteiger partial charge on any atom is -0.470 e.